The second-order valence-corrected chi connectivity index (χ2v) is 4.31. The fourth-order valence-corrected chi connectivity index (χ4v) is 1.49. The Kier molecular flexibility index (Phi) is 4.08. The van der Waals surface area contributed by atoms with E-state index in [2.05, 4.69) is 0 Å². The summed E-state index contributed by atoms with van der Waals surface area (Å²) in [5, 5.41) is 8.16. The lowest BCUT2D eigenvalue weighted by Crippen LogP contribution is -2.29. The smallest absolute Gasteiger partial charge is 0.211 e. The first-order valence-electron chi connectivity index (χ1n) is 3.35. The molecule has 0 fully saturated rings. The van der Waals surface area contributed by atoms with Gasteiger partial charge in [0.15, 0.2) is 5.75 Å². The third-order valence-electron chi connectivity index (χ3n) is 1.26. The molecule has 0 heterocycles. The zero-order chi connectivity index (χ0) is 8.91. The molecule has 0 aliphatic heterocycles. The molecule has 0 saturated carbocycles. The second-order valence-electron chi connectivity index (χ2n) is 2.24. The fraction of sp³-hybridized carbons (Fsp3) is 0.833. The van der Waals surface area contributed by atoms with E-state index in [1.165, 1.54) is 11.4 Å². The van der Waals surface area contributed by atoms with E-state index in [1.807, 2.05) is 6.92 Å². The molecule has 5 heteroatoms. The highest BCUT2D eigenvalue weighted by Gasteiger charge is 2.15. The minimum absolute atomic E-state index is 0.427. The molecule has 0 bridgehead atoms. The number of nitrogens with zero attached hydrogens (tertiary/aromatic N) is 2. The van der Waals surface area contributed by atoms with E-state index in [0.29, 0.717) is 6.54 Å². The monoisotopic (exact) mass is 176 g/mol. The van der Waals surface area contributed by atoms with Gasteiger partial charge in [0.1, 0.15) is 0 Å². The van der Waals surface area contributed by atoms with Gasteiger partial charge in [-0.2, -0.15) is 5.26 Å². The van der Waals surface area contributed by atoms with Crippen molar-refractivity contribution in [1.29, 1.82) is 5.26 Å². The molecule has 0 saturated heterocycles. The summed E-state index contributed by atoms with van der Waals surface area (Å²) >= 11 is 0. The van der Waals surface area contributed by atoms with E-state index in [-0.39, 0.29) is 0 Å². The van der Waals surface area contributed by atoms with Crippen LogP contribution in [0.25, 0.3) is 0 Å². The van der Waals surface area contributed by atoms with Crippen molar-refractivity contribution in [3.05, 3.63) is 0 Å². The van der Waals surface area contributed by atoms with E-state index >= 15 is 0 Å². The molecule has 0 radical (unpaired) electrons. The predicted octanol–water partition coefficient (Wildman–Crippen LogP) is 0.182. The molecule has 0 spiro atoms. The lowest BCUT2D eigenvalue weighted by Gasteiger charge is -2.12. The van der Waals surface area contributed by atoms with Crippen LogP contribution in [0.15, 0.2) is 0 Å². The average Bonchev–Trinajstić information content (AvgIpc) is 1.88. The van der Waals surface area contributed by atoms with Crippen molar-refractivity contribution in [3.63, 3.8) is 0 Å². The number of hydrogen-bond acceptors (Lipinski definition) is 3. The molecule has 0 aromatic rings. The summed E-state index contributed by atoms with van der Waals surface area (Å²) in [6, 6.07) is 1.62. The van der Waals surface area contributed by atoms with Crippen LogP contribution in [0.1, 0.15) is 13.3 Å². The van der Waals surface area contributed by atoms with E-state index in [1.54, 1.807) is 6.07 Å². The number of rotatable bonds is 4. The average molecular weight is 176 g/mol. The summed E-state index contributed by atoms with van der Waals surface area (Å²) in [4.78, 5) is 0. The van der Waals surface area contributed by atoms with Crippen LogP contribution in [0.3, 0.4) is 0 Å². The molecule has 0 aromatic heterocycles. The molecule has 0 aromatic carbocycles. The Hall–Kier alpha value is -0.600. The van der Waals surface area contributed by atoms with Crippen molar-refractivity contribution >= 4 is 10.0 Å². The Balaban J connectivity index is 4.21. The van der Waals surface area contributed by atoms with E-state index in [9.17, 15) is 8.42 Å². The molecule has 0 amide bonds. The quantitative estimate of drug-likeness (QED) is 0.614. The molecule has 0 atom stereocenters. The Morgan fingerprint density at radius 1 is 1.55 bits per heavy atom. The molecule has 64 valence electrons. The third-order valence-corrected chi connectivity index (χ3v) is 2.89. The predicted molar refractivity (Wildman–Crippen MR) is 42.3 cm³/mol. The highest BCUT2D eigenvalue weighted by molar-refractivity contribution is 7.89. The molecule has 0 aliphatic carbocycles. The van der Waals surface area contributed by atoms with Gasteiger partial charge in [-0.1, -0.05) is 6.92 Å². The number of sulfonamides is 1. The Labute approximate surface area is 67.5 Å². The fourth-order valence-electron chi connectivity index (χ4n) is 0.646. The van der Waals surface area contributed by atoms with Gasteiger partial charge >= 0.3 is 0 Å². The van der Waals surface area contributed by atoms with Crippen molar-refractivity contribution in [2.75, 3.05) is 19.3 Å². The van der Waals surface area contributed by atoms with E-state index in [4.69, 9.17) is 5.26 Å². The molecule has 11 heavy (non-hydrogen) atoms. The van der Waals surface area contributed by atoms with Crippen LogP contribution in [-0.2, 0) is 10.0 Å². The Morgan fingerprint density at radius 2 is 2.09 bits per heavy atom. The SMILES string of the molecule is CCCN(C)S(=O)(=O)CC#N. The van der Waals surface area contributed by atoms with Crippen molar-refractivity contribution in [2.45, 2.75) is 13.3 Å². The van der Waals surface area contributed by atoms with Gasteiger partial charge in [0.25, 0.3) is 0 Å². The molecule has 0 aliphatic rings. The summed E-state index contributed by atoms with van der Waals surface area (Å²) in [6.45, 7) is 2.36. The van der Waals surface area contributed by atoms with Crippen LogP contribution in [0.5, 0.6) is 0 Å². The maximum absolute atomic E-state index is 11.0. The summed E-state index contributed by atoms with van der Waals surface area (Å²) in [6.07, 6.45) is 0.765. The van der Waals surface area contributed by atoms with Gasteiger partial charge < -0.3 is 0 Å². The van der Waals surface area contributed by atoms with Gasteiger partial charge in [-0.05, 0) is 6.42 Å². The molecular weight excluding hydrogens is 164 g/mol. The van der Waals surface area contributed by atoms with Gasteiger partial charge in [0.05, 0.1) is 6.07 Å². The highest BCUT2D eigenvalue weighted by Crippen LogP contribution is 1.97. The van der Waals surface area contributed by atoms with Crippen LogP contribution in [0, 0.1) is 11.3 Å². The summed E-state index contributed by atoms with van der Waals surface area (Å²) in [5.74, 6) is -0.427. The van der Waals surface area contributed by atoms with Crippen molar-refractivity contribution < 1.29 is 8.42 Å². The van der Waals surface area contributed by atoms with Crippen LogP contribution in [-0.4, -0.2) is 32.1 Å². The molecule has 4 nitrogen and oxygen atoms in total. The Morgan fingerprint density at radius 3 is 2.45 bits per heavy atom. The zero-order valence-corrected chi connectivity index (χ0v) is 7.56. The largest absolute Gasteiger partial charge is 0.227 e. The minimum Gasteiger partial charge on any atom is -0.211 e. The van der Waals surface area contributed by atoms with Gasteiger partial charge in [0.2, 0.25) is 10.0 Å². The number of hydrogen-bond donors (Lipinski definition) is 0. The van der Waals surface area contributed by atoms with Gasteiger partial charge in [-0.15, -0.1) is 0 Å². The van der Waals surface area contributed by atoms with Crippen molar-refractivity contribution in [2.24, 2.45) is 0 Å². The van der Waals surface area contributed by atoms with Gasteiger partial charge in [-0.25, -0.2) is 12.7 Å². The molecule has 0 N–H and O–H groups in total. The zero-order valence-electron chi connectivity index (χ0n) is 6.74. The van der Waals surface area contributed by atoms with Crippen molar-refractivity contribution in [3.8, 4) is 6.07 Å². The van der Waals surface area contributed by atoms with E-state index < -0.39 is 15.8 Å². The first-order valence-corrected chi connectivity index (χ1v) is 4.96. The first kappa shape index (κ1) is 10.4. The minimum atomic E-state index is -3.30. The number of nitriles is 1. The van der Waals surface area contributed by atoms with Gasteiger partial charge in [0, 0.05) is 13.6 Å². The summed E-state index contributed by atoms with van der Waals surface area (Å²) < 4.78 is 23.3. The van der Waals surface area contributed by atoms with Gasteiger partial charge in [-0.3, -0.25) is 0 Å². The normalized spacial score (nSPS) is 11.5. The molecular formula is C6H12N2O2S. The maximum atomic E-state index is 11.0. The third kappa shape index (κ3) is 3.35. The van der Waals surface area contributed by atoms with Crippen molar-refractivity contribution in [1.82, 2.24) is 4.31 Å². The summed E-state index contributed by atoms with van der Waals surface area (Å²) in [7, 11) is -1.82. The lowest BCUT2D eigenvalue weighted by molar-refractivity contribution is 0.471. The highest BCUT2D eigenvalue weighted by atomic mass is 32.2. The maximum Gasteiger partial charge on any atom is 0.227 e. The first-order chi connectivity index (χ1) is 5.04. The standard InChI is InChI=1S/C6H12N2O2S/c1-3-5-8(2)11(9,10)6-4-7/h3,5-6H2,1-2H3. The lowest BCUT2D eigenvalue weighted by atomic mass is 10.5. The summed E-state index contributed by atoms with van der Waals surface area (Å²) in [5.41, 5.74) is 0. The molecule has 0 rings (SSSR count). The van der Waals surface area contributed by atoms with Crippen LogP contribution in [0.2, 0.25) is 0 Å². The second kappa shape index (κ2) is 4.31. The van der Waals surface area contributed by atoms with Crippen LogP contribution >= 0.6 is 0 Å². The van der Waals surface area contributed by atoms with Crippen LogP contribution < -0.4 is 0 Å². The Bertz CT molecular complexity index is 240. The topological polar surface area (TPSA) is 61.2 Å². The molecule has 0 unspecified atom stereocenters. The van der Waals surface area contributed by atoms with Crippen LogP contribution in [0.4, 0.5) is 0 Å². The van der Waals surface area contributed by atoms with E-state index in [0.717, 1.165) is 6.42 Å².